The van der Waals surface area contributed by atoms with Gasteiger partial charge in [0.25, 0.3) is 0 Å². The Morgan fingerprint density at radius 2 is 2.00 bits per heavy atom. The van der Waals surface area contributed by atoms with E-state index in [0.717, 1.165) is 41.6 Å². The van der Waals surface area contributed by atoms with Crippen LogP contribution in [0.2, 0.25) is 0 Å². The van der Waals surface area contributed by atoms with Crippen LogP contribution >= 0.6 is 0 Å². The number of rotatable bonds is 5. The van der Waals surface area contributed by atoms with E-state index in [0.29, 0.717) is 0 Å². The molecule has 0 fully saturated rings. The number of benzene rings is 1. The molecular weight excluding hydrogens is 264 g/mol. The average Bonchev–Trinajstić information content (AvgIpc) is 3.09. The van der Waals surface area contributed by atoms with Gasteiger partial charge in [-0.3, -0.25) is 4.90 Å². The van der Waals surface area contributed by atoms with Crippen molar-refractivity contribution in [2.75, 3.05) is 7.05 Å². The summed E-state index contributed by atoms with van der Waals surface area (Å²) < 4.78 is 5.08. The maximum absolute atomic E-state index is 5.08. The van der Waals surface area contributed by atoms with Crippen LogP contribution in [-0.4, -0.2) is 27.1 Å². The highest BCUT2D eigenvalue weighted by molar-refractivity contribution is 5.57. The molecule has 0 aliphatic carbocycles. The van der Waals surface area contributed by atoms with Gasteiger partial charge >= 0.3 is 0 Å². The highest BCUT2D eigenvalue weighted by Crippen LogP contribution is 2.16. The number of aromatic amines is 1. The molecule has 1 aromatic carbocycles. The van der Waals surface area contributed by atoms with E-state index in [1.165, 1.54) is 0 Å². The summed E-state index contributed by atoms with van der Waals surface area (Å²) in [6, 6.07) is 12.1. The van der Waals surface area contributed by atoms with Crippen molar-refractivity contribution in [3.8, 4) is 11.3 Å². The van der Waals surface area contributed by atoms with Gasteiger partial charge in [-0.2, -0.15) is 0 Å². The second-order valence-corrected chi connectivity index (χ2v) is 5.21. The number of aromatic nitrogens is 3. The first-order valence-electron chi connectivity index (χ1n) is 6.91. The fraction of sp³-hybridized carbons (Fsp3) is 0.250. The van der Waals surface area contributed by atoms with Crippen LogP contribution in [0.3, 0.4) is 0 Å². The molecular formula is C16H18N4O. The van der Waals surface area contributed by atoms with Crippen LogP contribution in [0.4, 0.5) is 0 Å². The highest BCUT2D eigenvalue weighted by Gasteiger charge is 2.08. The predicted octanol–water partition coefficient (Wildman–Crippen LogP) is 3.01. The number of nitrogens with zero attached hydrogens (tertiary/aromatic N) is 3. The molecule has 2 aromatic heterocycles. The number of hydrogen-bond donors (Lipinski definition) is 1. The molecule has 0 aliphatic heterocycles. The van der Waals surface area contributed by atoms with E-state index >= 15 is 0 Å². The molecule has 0 saturated carbocycles. The SMILES string of the molecule is Cc1cc(CN(C)Cc2ncc(-c3ccccc3)[nH]2)no1. The third kappa shape index (κ3) is 3.38. The van der Waals surface area contributed by atoms with Crippen LogP contribution in [0.1, 0.15) is 17.3 Å². The van der Waals surface area contributed by atoms with Crippen LogP contribution in [0, 0.1) is 6.92 Å². The zero-order valence-electron chi connectivity index (χ0n) is 12.2. The zero-order chi connectivity index (χ0) is 14.7. The lowest BCUT2D eigenvalue weighted by molar-refractivity contribution is 0.296. The van der Waals surface area contributed by atoms with Crippen LogP contribution in [0.25, 0.3) is 11.3 Å². The van der Waals surface area contributed by atoms with Crippen molar-refractivity contribution >= 4 is 0 Å². The molecule has 2 heterocycles. The minimum absolute atomic E-state index is 0.735. The van der Waals surface area contributed by atoms with E-state index in [1.54, 1.807) is 0 Å². The summed E-state index contributed by atoms with van der Waals surface area (Å²) in [5.74, 6) is 1.78. The molecule has 3 aromatic rings. The molecule has 0 atom stereocenters. The van der Waals surface area contributed by atoms with Crippen molar-refractivity contribution in [1.29, 1.82) is 0 Å². The zero-order valence-corrected chi connectivity index (χ0v) is 12.2. The minimum Gasteiger partial charge on any atom is -0.361 e. The van der Waals surface area contributed by atoms with E-state index < -0.39 is 0 Å². The fourth-order valence-electron chi connectivity index (χ4n) is 2.29. The summed E-state index contributed by atoms with van der Waals surface area (Å²) in [7, 11) is 2.04. The number of hydrogen-bond acceptors (Lipinski definition) is 4. The lowest BCUT2D eigenvalue weighted by Gasteiger charge is -2.12. The van der Waals surface area contributed by atoms with Gasteiger partial charge in [-0.1, -0.05) is 35.5 Å². The first-order chi connectivity index (χ1) is 10.2. The van der Waals surface area contributed by atoms with Gasteiger partial charge in [0.1, 0.15) is 11.6 Å². The van der Waals surface area contributed by atoms with Crippen molar-refractivity contribution < 1.29 is 4.52 Å². The van der Waals surface area contributed by atoms with Crippen LogP contribution in [0.15, 0.2) is 47.1 Å². The Balaban J connectivity index is 1.64. The molecule has 0 bridgehead atoms. The predicted molar refractivity (Wildman–Crippen MR) is 80.4 cm³/mol. The Kier molecular flexibility index (Phi) is 3.83. The first kappa shape index (κ1) is 13.6. The fourth-order valence-corrected chi connectivity index (χ4v) is 2.29. The summed E-state index contributed by atoms with van der Waals surface area (Å²) >= 11 is 0. The van der Waals surface area contributed by atoms with Gasteiger partial charge in [-0.15, -0.1) is 0 Å². The first-order valence-corrected chi connectivity index (χ1v) is 6.91. The van der Waals surface area contributed by atoms with Crippen molar-refractivity contribution in [1.82, 2.24) is 20.0 Å². The molecule has 0 amide bonds. The molecule has 0 spiro atoms. The molecule has 0 saturated heterocycles. The Hall–Kier alpha value is -2.40. The maximum Gasteiger partial charge on any atom is 0.133 e. The standard InChI is InChI=1S/C16H18N4O/c1-12-8-14(19-21-12)10-20(2)11-16-17-9-15(18-16)13-6-4-3-5-7-13/h3-9H,10-11H2,1-2H3,(H,17,18). The van der Waals surface area contributed by atoms with Crippen LogP contribution in [0.5, 0.6) is 0 Å². The minimum atomic E-state index is 0.735. The average molecular weight is 282 g/mol. The number of H-pyrrole nitrogens is 1. The largest absolute Gasteiger partial charge is 0.361 e. The molecule has 5 heteroatoms. The second kappa shape index (κ2) is 5.93. The number of nitrogens with one attached hydrogen (secondary N) is 1. The highest BCUT2D eigenvalue weighted by atomic mass is 16.5. The summed E-state index contributed by atoms with van der Waals surface area (Å²) in [5.41, 5.74) is 3.12. The molecule has 0 unspecified atom stereocenters. The monoisotopic (exact) mass is 282 g/mol. The van der Waals surface area contributed by atoms with E-state index in [1.807, 2.05) is 44.4 Å². The lowest BCUT2D eigenvalue weighted by atomic mass is 10.2. The van der Waals surface area contributed by atoms with Gasteiger partial charge in [-0.05, 0) is 19.5 Å². The van der Waals surface area contributed by atoms with Crippen molar-refractivity contribution in [3.05, 3.63) is 59.9 Å². The molecule has 21 heavy (non-hydrogen) atoms. The molecule has 3 rings (SSSR count). The number of aryl methyl sites for hydroxylation is 1. The normalized spacial score (nSPS) is 11.2. The molecule has 0 aliphatic rings. The Morgan fingerprint density at radius 1 is 1.19 bits per heavy atom. The third-order valence-electron chi connectivity index (χ3n) is 3.24. The molecule has 0 radical (unpaired) electrons. The van der Waals surface area contributed by atoms with Crippen molar-refractivity contribution in [3.63, 3.8) is 0 Å². The summed E-state index contributed by atoms with van der Waals surface area (Å²) in [6.45, 7) is 3.37. The Bertz CT molecular complexity index is 702. The summed E-state index contributed by atoms with van der Waals surface area (Å²) in [6.07, 6.45) is 1.87. The summed E-state index contributed by atoms with van der Waals surface area (Å²) in [5, 5.41) is 4.00. The maximum atomic E-state index is 5.08. The number of imidazole rings is 1. The molecule has 108 valence electrons. The van der Waals surface area contributed by atoms with Gasteiger partial charge in [-0.25, -0.2) is 4.98 Å². The van der Waals surface area contributed by atoms with Gasteiger partial charge in [0.15, 0.2) is 0 Å². The van der Waals surface area contributed by atoms with Crippen LogP contribution < -0.4 is 0 Å². The van der Waals surface area contributed by atoms with Gasteiger partial charge in [0, 0.05) is 12.6 Å². The molecule has 1 N–H and O–H groups in total. The lowest BCUT2D eigenvalue weighted by Crippen LogP contribution is -2.18. The topological polar surface area (TPSA) is 58.0 Å². The van der Waals surface area contributed by atoms with Gasteiger partial charge in [0.2, 0.25) is 0 Å². The van der Waals surface area contributed by atoms with Gasteiger partial charge in [0.05, 0.1) is 24.1 Å². The van der Waals surface area contributed by atoms with Gasteiger partial charge < -0.3 is 9.51 Å². The van der Waals surface area contributed by atoms with E-state index in [4.69, 9.17) is 4.52 Å². The third-order valence-corrected chi connectivity index (χ3v) is 3.24. The van der Waals surface area contributed by atoms with Crippen LogP contribution in [-0.2, 0) is 13.1 Å². The second-order valence-electron chi connectivity index (χ2n) is 5.21. The summed E-state index contributed by atoms with van der Waals surface area (Å²) in [4.78, 5) is 9.94. The van der Waals surface area contributed by atoms with E-state index in [9.17, 15) is 0 Å². The van der Waals surface area contributed by atoms with E-state index in [2.05, 4.69) is 32.2 Å². The van der Waals surface area contributed by atoms with Crippen molar-refractivity contribution in [2.24, 2.45) is 0 Å². The smallest absolute Gasteiger partial charge is 0.133 e. The Labute approximate surface area is 123 Å². The van der Waals surface area contributed by atoms with Crippen molar-refractivity contribution in [2.45, 2.75) is 20.0 Å². The Morgan fingerprint density at radius 3 is 2.71 bits per heavy atom. The quantitative estimate of drug-likeness (QED) is 0.781. The molecule has 5 nitrogen and oxygen atoms in total. The van der Waals surface area contributed by atoms with E-state index in [-0.39, 0.29) is 0 Å².